The average Bonchev–Trinajstić information content (AvgIpc) is 2.55. The summed E-state index contributed by atoms with van der Waals surface area (Å²) in [6.07, 6.45) is 0.915. The van der Waals surface area contributed by atoms with Crippen LogP contribution in [0.25, 0.3) is 5.69 Å². The molecule has 1 aliphatic rings. The molecule has 0 aliphatic carbocycles. The van der Waals surface area contributed by atoms with Gasteiger partial charge in [0.25, 0.3) is 0 Å². The number of nitrogens with one attached hydrogen (secondary N) is 1. The number of phenols is 1. The quantitative estimate of drug-likeness (QED) is 0.755. The van der Waals surface area contributed by atoms with E-state index in [0.29, 0.717) is 18.8 Å². The predicted octanol–water partition coefficient (Wildman–Crippen LogP) is 0.233. The summed E-state index contributed by atoms with van der Waals surface area (Å²) in [5.41, 5.74) is 0.430. The number of nitrogens with zero attached hydrogens (tertiary/aromatic N) is 3. The van der Waals surface area contributed by atoms with E-state index >= 15 is 0 Å². The Kier molecular flexibility index (Phi) is 2.64. The SMILES string of the molecule is O=c1n(-c2cccc(O)c2)nc2n1CCCNC2. The molecule has 0 unspecified atom stereocenters. The zero-order valence-electron chi connectivity index (χ0n) is 9.83. The molecule has 1 aromatic heterocycles. The van der Waals surface area contributed by atoms with Gasteiger partial charge in [-0.05, 0) is 25.1 Å². The van der Waals surface area contributed by atoms with Crippen molar-refractivity contribution >= 4 is 0 Å². The van der Waals surface area contributed by atoms with E-state index in [4.69, 9.17) is 0 Å². The maximum atomic E-state index is 12.2. The second-order valence-electron chi connectivity index (χ2n) is 4.31. The Hall–Kier alpha value is -2.08. The summed E-state index contributed by atoms with van der Waals surface area (Å²) in [5, 5.41) is 17.0. The van der Waals surface area contributed by atoms with Crippen LogP contribution in [-0.4, -0.2) is 26.0 Å². The van der Waals surface area contributed by atoms with Crippen molar-refractivity contribution < 1.29 is 5.11 Å². The molecule has 1 aliphatic heterocycles. The fraction of sp³-hybridized carbons (Fsp3) is 0.333. The molecular weight excluding hydrogens is 232 g/mol. The summed E-state index contributed by atoms with van der Waals surface area (Å²) < 4.78 is 3.02. The van der Waals surface area contributed by atoms with Gasteiger partial charge in [-0.2, -0.15) is 4.68 Å². The molecule has 0 atom stereocenters. The number of benzene rings is 1. The molecule has 3 rings (SSSR count). The van der Waals surface area contributed by atoms with Crippen LogP contribution in [-0.2, 0) is 13.1 Å². The first-order valence-electron chi connectivity index (χ1n) is 5.94. The molecule has 2 N–H and O–H groups in total. The summed E-state index contributed by atoms with van der Waals surface area (Å²) in [4.78, 5) is 12.2. The smallest absolute Gasteiger partial charge is 0.350 e. The normalized spacial score (nSPS) is 15.1. The highest BCUT2D eigenvalue weighted by atomic mass is 16.3. The van der Waals surface area contributed by atoms with Crippen molar-refractivity contribution in [2.45, 2.75) is 19.5 Å². The van der Waals surface area contributed by atoms with Crippen LogP contribution in [0, 0.1) is 0 Å². The number of fused-ring (bicyclic) bond motifs is 1. The predicted molar refractivity (Wildman–Crippen MR) is 65.8 cm³/mol. The molecule has 6 nitrogen and oxygen atoms in total. The lowest BCUT2D eigenvalue weighted by Crippen LogP contribution is -2.24. The minimum atomic E-state index is -0.153. The number of rotatable bonds is 1. The van der Waals surface area contributed by atoms with Crippen LogP contribution in [0.15, 0.2) is 29.1 Å². The van der Waals surface area contributed by atoms with Gasteiger partial charge in [0, 0.05) is 12.6 Å². The van der Waals surface area contributed by atoms with Crippen molar-refractivity contribution in [3.8, 4) is 11.4 Å². The van der Waals surface area contributed by atoms with E-state index in [-0.39, 0.29) is 11.4 Å². The Morgan fingerprint density at radius 3 is 3.11 bits per heavy atom. The monoisotopic (exact) mass is 246 g/mol. The highest BCUT2D eigenvalue weighted by Gasteiger charge is 2.16. The van der Waals surface area contributed by atoms with Gasteiger partial charge in [-0.3, -0.25) is 4.57 Å². The van der Waals surface area contributed by atoms with Crippen LogP contribution >= 0.6 is 0 Å². The molecule has 0 bridgehead atoms. The Balaban J connectivity index is 2.11. The van der Waals surface area contributed by atoms with Crippen molar-refractivity contribution in [1.29, 1.82) is 0 Å². The van der Waals surface area contributed by atoms with E-state index in [9.17, 15) is 9.90 Å². The lowest BCUT2D eigenvalue weighted by molar-refractivity contribution is 0.474. The van der Waals surface area contributed by atoms with Crippen LogP contribution in [0.1, 0.15) is 12.2 Å². The van der Waals surface area contributed by atoms with Crippen LogP contribution in [0.5, 0.6) is 5.75 Å². The Morgan fingerprint density at radius 1 is 1.39 bits per heavy atom. The van der Waals surface area contributed by atoms with Gasteiger partial charge in [-0.25, -0.2) is 4.79 Å². The molecule has 2 aromatic rings. The Labute approximate surface area is 103 Å². The zero-order chi connectivity index (χ0) is 12.5. The highest BCUT2D eigenvalue weighted by Crippen LogP contribution is 2.13. The number of hydrogen-bond acceptors (Lipinski definition) is 4. The van der Waals surface area contributed by atoms with E-state index in [1.54, 1.807) is 22.8 Å². The molecule has 1 aromatic carbocycles. The van der Waals surface area contributed by atoms with Gasteiger partial charge in [-0.15, -0.1) is 5.10 Å². The zero-order valence-corrected chi connectivity index (χ0v) is 9.83. The van der Waals surface area contributed by atoms with E-state index in [1.807, 2.05) is 0 Å². The molecule has 0 amide bonds. The van der Waals surface area contributed by atoms with Crippen molar-refractivity contribution in [3.63, 3.8) is 0 Å². The minimum absolute atomic E-state index is 0.126. The van der Waals surface area contributed by atoms with Crippen LogP contribution in [0.3, 0.4) is 0 Å². The van der Waals surface area contributed by atoms with Crippen molar-refractivity contribution in [1.82, 2.24) is 19.7 Å². The summed E-state index contributed by atoms with van der Waals surface area (Å²) in [6, 6.07) is 6.54. The largest absolute Gasteiger partial charge is 0.508 e. The first-order chi connectivity index (χ1) is 8.75. The maximum absolute atomic E-state index is 12.2. The maximum Gasteiger partial charge on any atom is 0.350 e. The summed E-state index contributed by atoms with van der Waals surface area (Å²) in [6.45, 7) is 2.18. The third kappa shape index (κ3) is 1.80. The fourth-order valence-corrected chi connectivity index (χ4v) is 2.15. The molecule has 0 radical (unpaired) electrons. The minimum Gasteiger partial charge on any atom is -0.508 e. The molecular formula is C12H14N4O2. The Bertz CT molecular complexity index is 629. The molecule has 0 spiro atoms. The summed E-state index contributed by atoms with van der Waals surface area (Å²) in [7, 11) is 0. The summed E-state index contributed by atoms with van der Waals surface area (Å²) in [5.74, 6) is 0.863. The first-order valence-corrected chi connectivity index (χ1v) is 5.94. The third-order valence-electron chi connectivity index (χ3n) is 3.03. The number of phenolic OH excluding ortho intramolecular Hbond substituents is 1. The Morgan fingerprint density at radius 2 is 2.28 bits per heavy atom. The lowest BCUT2D eigenvalue weighted by atomic mass is 10.3. The first kappa shape index (κ1) is 11.0. The van der Waals surface area contributed by atoms with Crippen LogP contribution < -0.4 is 11.0 Å². The molecule has 0 saturated heterocycles. The van der Waals surface area contributed by atoms with Crippen molar-refractivity contribution in [2.75, 3.05) is 6.54 Å². The molecule has 18 heavy (non-hydrogen) atoms. The van der Waals surface area contributed by atoms with Gasteiger partial charge in [0.1, 0.15) is 11.6 Å². The van der Waals surface area contributed by atoms with E-state index in [2.05, 4.69) is 10.4 Å². The molecule has 0 fully saturated rings. The second kappa shape index (κ2) is 4.30. The highest BCUT2D eigenvalue weighted by molar-refractivity contribution is 5.37. The molecule has 6 heteroatoms. The van der Waals surface area contributed by atoms with Gasteiger partial charge >= 0.3 is 5.69 Å². The standard InChI is InChI=1S/C12H14N4O2/c17-10-4-1-3-9(7-10)16-12(18)15-6-2-5-13-8-11(15)14-16/h1,3-4,7,13,17H,2,5-6,8H2. The van der Waals surface area contributed by atoms with E-state index in [1.165, 1.54) is 10.7 Å². The third-order valence-corrected chi connectivity index (χ3v) is 3.03. The van der Waals surface area contributed by atoms with Gasteiger partial charge in [0.05, 0.1) is 12.2 Å². The van der Waals surface area contributed by atoms with E-state index in [0.717, 1.165) is 18.8 Å². The van der Waals surface area contributed by atoms with Crippen LogP contribution in [0.4, 0.5) is 0 Å². The molecule has 2 heterocycles. The van der Waals surface area contributed by atoms with Gasteiger partial charge in [0.15, 0.2) is 0 Å². The van der Waals surface area contributed by atoms with Crippen molar-refractivity contribution in [3.05, 3.63) is 40.6 Å². The number of hydrogen-bond donors (Lipinski definition) is 2. The average molecular weight is 246 g/mol. The molecule has 94 valence electrons. The van der Waals surface area contributed by atoms with Crippen molar-refractivity contribution in [2.24, 2.45) is 0 Å². The van der Waals surface area contributed by atoms with Gasteiger partial charge in [-0.1, -0.05) is 6.07 Å². The van der Waals surface area contributed by atoms with Gasteiger partial charge < -0.3 is 10.4 Å². The van der Waals surface area contributed by atoms with Gasteiger partial charge in [0.2, 0.25) is 0 Å². The second-order valence-corrected chi connectivity index (χ2v) is 4.31. The van der Waals surface area contributed by atoms with E-state index < -0.39 is 0 Å². The van der Waals surface area contributed by atoms with Crippen LogP contribution in [0.2, 0.25) is 0 Å². The number of aromatic nitrogens is 3. The number of aromatic hydroxyl groups is 1. The summed E-state index contributed by atoms with van der Waals surface area (Å²) >= 11 is 0. The fourth-order valence-electron chi connectivity index (χ4n) is 2.15. The molecule has 0 saturated carbocycles. The lowest BCUT2D eigenvalue weighted by Gasteiger charge is -2.00. The topological polar surface area (TPSA) is 72.1 Å².